The molecular formula is C7H13NOY-2. The first kappa shape index (κ1) is 16.7. The quantitative estimate of drug-likeness (QED) is 0.424. The van der Waals surface area contributed by atoms with Crippen LogP contribution in [-0.4, -0.2) is 13.0 Å². The SMILES string of the molecule is C=[C-]C.[CH2-]CCNC=O.[Y]. The number of carbonyl (C=O) groups is 1. The minimum Gasteiger partial charge on any atom is -0.507 e. The van der Waals surface area contributed by atoms with E-state index in [9.17, 15) is 4.79 Å². The molecule has 0 aromatic rings. The van der Waals surface area contributed by atoms with Gasteiger partial charge >= 0.3 is 0 Å². The van der Waals surface area contributed by atoms with Crippen molar-refractivity contribution in [3.8, 4) is 0 Å². The van der Waals surface area contributed by atoms with E-state index in [1.54, 1.807) is 6.92 Å². The van der Waals surface area contributed by atoms with Gasteiger partial charge in [0.05, 0.1) is 0 Å². The predicted octanol–water partition coefficient (Wildman–Crippen LogP) is 0.950. The summed E-state index contributed by atoms with van der Waals surface area (Å²) in [5.41, 5.74) is 0. The topological polar surface area (TPSA) is 29.1 Å². The molecule has 0 aliphatic heterocycles. The van der Waals surface area contributed by atoms with Crippen molar-refractivity contribution in [3.63, 3.8) is 0 Å². The maximum atomic E-state index is 9.42. The van der Waals surface area contributed by atoms with Crippen LogP contribution in [0.25, 0.3) is 0 Å². The summed E-state index contributed by atoms with van der Waals surface area (Å²) < 4.78 is 0. The first-order valence-corrected chi connectivity index (χ1v) is 2.73. The van der Waals surface area contributed by atoms with E-state index in [-0.39, 0.29) is 32.7 Å². The van der Waals surface area contributed by atoms with Gasteiger partial charge in [-0.05, 0) is 6.54 Å². The van der Waals surface area contributed by atoms with Gasteiger partial charge in [-0.3, -0.25) is 11.4 Å². The summed E-state index contributed by atoms with van der Waals surface area (Å²) in [6.45, 7) is 9.19. The second-order valence-corrected chi connectivity index (χ2v) is 1.28. The van der Waals surface area contributed by atoms with Crippen LogP contribution in [0.5, 0.6) is 0 Å². The van der Waals surface area contributed by atoms with Crippen molar-refractivity contribution in [2.24, 2.45) is 0 Å². The molecule has 0 fully saturated rings. The van der Waals surface area contributed by atoms with Gasteiger partial charge in [0, 0.05) is 32.7 Å². The van der Waals surface area contributed by atoms with Crippen molar-refractivity contribution >= 4 is 6.41 Å². The van der Waals surface area contributed by atoms with Crippen molar-refractivity contribution in [1.29, 1.82) is 0 Å². The fourth-order valence-corrected chi connectivity index (χ4v) is 0.161. The Morgan fingerprint density at radius 2 is 2.20 bits per heavy atom. The fraction of sp³-hybridized carbons (Fsp3) is 0.429. The molecular weight excluding hydrogens is 203 g/mol. The second-order valence-electron chi connectivity index (χ2n) is 1.28. The number of nitrogens with one attached hydrogen (secondary N) is 1. The van der Waals surface area contributed by atoms with Gasteiger partial charge in [-0.2, -0.15) is 13.3 Å². The first-order chi connectivity index (χ1) is 4.33. The van der Waals surface area contributed by atoms with E-state index in [1.165, 1.54) is 0 Å². The van der Waals surface area contributed by atoms with Gasteiger partial charge in [-0.15, -0.1) is 0 Å². The number of amides is 1. The number of hydrogen-bond acceptors (Lipinski definition) is 1. The molecule has 0 bridgehead atoms. The maximum absolute atomic E-state index is 9.42. The molecule has 0 aliphatic rings. The molecule has 0 unspecified atom stereocenters. The molecule has 2 nitrogen and oxygen atoms in total. The molecule has 0 heterocycles. The number of hydrogen-bond donors (Lipinski definition) is 1. The number of rotatable bonds is 3. The Hall–Kier alpha value is 0.314. The summed E-state index contributed by atoms with van der Waals surface area (Å²) in [7, 11) is 0. The molecule has 0 aliphatic carbocycles. The van der Waals surface area contributed by atoms with Crippen molar-refractivity contribution in [1.82, 2.24) is 5.32 Å². The van der Waals surface area contributed by atoms with E-state index >= 15 is 0 Å². The van der Waals surface area contributed by atoms with Crippen LogP contribution >= 0.6 is 0 Å². The monoisotopic (exact) mass is 216 g/mol. The van der Waals surface area contributed by atoms with Crippen molar-refractivity contribution in [2.75, 3.05) is 6.54 Å². The van der Waals surface area contributed by atoms with Crippen LogP contribution < -0.4 is 5.32 Å². The average molecular weight is 216 g/mol. The molecule has 0 atom stereocenters. The molecule has 0 aromatic heterocycles. The fourth-order valence-electron chi connectivity index (χ4n) is 0.161. The first-order valence-electron chi connectivity index (χ1n) is 2.73. The summed E-state index contributed by atoms with van der Waals surface area (Å²) >= 11 is 0. The van der Waals surface area contributed by atoms with Crippen molar-refractivity contribution in [2.45, 2.75) is 13.3 Å². The maximum Gasteiger partial charge on any atom is 0.207 e. The molecule has 3 heteroatoms. The summed E-state index contributed by atoms with van der Waals surface area (Å²) in [5, 5.41) is 2.45. The van der Waals surface area contributed by atoms with Crippen LogP contribution in [0.2, 0.25) is 0 Å². The van der Waals surface area contributed by atoms with Gasteiger partial charge in [0.1, 0.15) is 0 Å². The van der Waals surface area contributed by atoms with E-state index in [1.807, 2.05) is 0 Å². The Bertz CT molecular complexity index is 66.6. The third-order valence-electron chi connectivity index (χ3n) is 0.404. The third kappa shape index (κ3) is 40.5. The van der Waals surface area contributed by atoms with Gasteiger partial charge in [0.25, 0.3) is 0 Å². The Kier molecular flexibility index (Phi) is 38.1. The molecule has 0 spiro atoms. The average Bonchev–Trinajstić information content (AvgIpc) is 1.86. The molecule has 0 saturated heterocycles. The minimum absolute atomic E-state index is 0. The Balaban J connectivity index is -0.000000107. The van der Waals surface area contributed by atoms with Gasteiger partial charge in [0.15, 0.2) is 0 Å². The predicted molar refractivity (Wildman–Crippen MR) is 38.6 cm³/mol. The number of carbonyl (C=O) groups excluding carboxylic acids is 1. The zero-order chi connectivity index (χ0) is 7.54. The number of allylic oxidation sites excluding steroid dienone is 1. The normalized spacial score (nSPS) is 5.80. The summed E-state index contributed by atoms with van der Waals surface area (Å²) in [6, 6.07) is 0. The minimum atomic E-state index is 0. The van der Waals surface area contributed by atoms with Gasteiger partial charge < -0.3 is 18.3 Å². The Morgan fingerprint density at radius 3 is 2.30 bits per heavy atom. The van der Waals surface area contributed by atoms with Crippen LogP contribution in [-0.2, 0) is 37.5 Å². The Labute approximate surface area is 88.3 Å². The molecule has 1 amide bonds. The summed E-state index contributed by atoms with van der Waals surface area (Å²) in [5.74, 6) is 0. The van der Waals surface area contributed by atoms with E-state index in [2.05, 4.69) is 24.9 Å². The van der Waals surface area contributed by atoms with Gasteiger partial charge in [-0.25, -0.2) is 0 Å². The molecule has 0 saturated carbocycles. The second kappa shape index (κ2) is 22.8. The van der Waals surface area contributed by atoms with E-state index < -0.39 is 0 Å². The largest absolute Gasteiger partial charge is 0.507 e. The smallest absolute Gasteiger partial charge is 0.207 e. The van der Waals surface area contributed by atoms with Gasteiger partial charge in [0.2, 0.25) is 6.41 Å². The summed E-state index contributed by atoms with van der Waals surface area (Å²) in [6.07, 6.45) is 3.93. The van der Waals surface area contributed by atoms with E-state index in [4.69, 9.17) is 0 Å². The summed E-state index contributed by atoms with van der Waals surface area (Å²) in [4.78, 5) is 9.42. The third-order valence-corrected chi connectivity index (χ3v) is 0.404. The molecule has 1 radical (unpaired) electrons. The van der Waals surface area contributed by atoms with Crippen LogP contribution in [0.15, 0.2) is 6.58 Å². The van der Waals surface area contributed by atoms with Crippen LogP contribution in [0.3, 0.4) is 0 Å². The van der Waals surface area contributed by atoms with E-state index in [0.717, 1.165) is 6.42 Å². The molecule has 10 heavy (non-hydrogen) atoms. The molecule has 0 rings (SSSR count). The zero-order valence-corrected chi connectivity index (χ0v) is 9.23. The van der Waals surface area contributed by atoms with E-state index in [0.29, 0.717) is 13.0 Å². The van der Waals surface area contributed by atoms with Crippen molar-refractivity contribution in [3.05, 3.63) is 19.6 Å². The molecule has 57 valence electrons. The van der Waals surface area contributed by atoms with Crippen LogP contribution in [0, 0.1) is 13.0 Å². The standard InChI is InChI=1S/C4H8NO.C3H5.Y/c1-2-3-5-4-6;1-3-2;/h4H,1-3H2,(H,5,6);1H2,2H3;/q2*-1;. The van der Waals surface area contributed by atoms with Gasteiger partial charge in [-0.1, -0.05) is 0 Å². The molecule has 0 aromatic carbocycles. The zero-order valence-electron chi connectivity index (χ0n) is 6.39. The van der Waals surface area contributed by atoms with Crippen LogP contribution in [0.4, 0.5) is 0 Å². The molecule has 1 N–H and O–H groups in total. The van der Waals surface area contributed by atoms with Crippen molar-refractivity contribution < 1.29 is 37.5 Å². The Morgan fingerprint density at radius 1 is 1.80 bits per heavy atom. The van der Waals surface area contributed by atoms with Crippen LogP contribution in [0.1, 0.15) is 13.3 Å².